The van der Waals surface area contributed by atoms with Crippen LogP contribution in [0.15, 0.2) is 30.3 Å². The number of nitrogens with zero attached hydrogens (tertiary/aromatic N) is 4. The standard InChI is InChI=1S/C16H25BN6O3/c18-14(8-4-5-10-17(25)26)16-20-21-22-23(16)12-15(24)19-11-9-13-6-2-1-3-7-13/h1-3,6-7,14,25-26H,4-5,8-12,18H2,(H,19,24)/t14-/m0/s1. The maximum Gasteiger partial charge on any atom is 0.451 e. The largest absolute Gasteiger partial charge is 0.451 e. The molecule has 0 saturated carbocycles. The predicted octanol–water partition coefficient (Wildman–Crippen LogP) is -0.325. The first-order valence-corrected chi connectivity index (χ1v) is 8.74. The minimum Gasteiger partial charge on any atom is -0.427 e. The second kappa shape index (κ2) is 10.6. The molecular formula is C16H25BN6O3. The SMILES string of the molecule is N[C@@H](CCCCB(O)O)c1nnnn1CC(=O)NCCc1ccccc1. The van der Waals surface area contributed by atoms with E-state index < -0.39 is 13.2 Å². The van der Waals surface area contributed by atoms with Gasteiger partial charge in [-0.25, -0.2) is 4.68 Å². The topological polar surface area (TPSA) is 139 Å². The molecule has 0 aliphatic carbocycles. The molecule has 10 heteroatoms. The van der Waals surface area contributed by atoms with E-state index in [2.05, 4.69) is 20.8 Å². The van der Waals surface area contributed by atoms with Crippen LogP contribution >= 0.6 is 0 Å². The number of hydrogen-bond acceptors (Lipinski definition) is 7. The molecule has 1 atom stereocenters. The number of unbranched alkanes of at least 4 members (excludes halogenated alkanes) is 1. The van der Waals surface area contributed by atoms with E-state index in [1.54, 1.807) is 0 Å². The summed E-state index contributed by atoms with van der Waals surface area (Å²) in [6, 6.07) is 9.51. The fourth-order valence-electron chi connectivity index (χ4n) is 2.59. The molecule has 0 spiro atoms. The Morgan fingerprint density at radius 2 is 2.04 bits per heavy atom. The van der Waals surface area contributed by atoms with Crippen LogP contribution in [0.5, 0.6) is 0 Å². The van der Waals surface area contributed by atoms with E-state index in [9.17, 15) is 4.79 Å². The van der Waals surface area contributed by atoms with Crippen LogP contribution in [0.1, 0.15) is 36.7 Å². The van der Waals surface area contributed by atoms with Crippen molar-refractivity contribution in [2.75, 3.05) is 6.54 Å². The molecule has 1 heterocycles. The Kier molecular flexibility index (Phi) is 8.19. The van der Waals surface area contributed by atoms with Gasteiger partial charge < -0.3 is 21.1 Å². The molecule has 2 rings (SSSR count). The fourth-order valence-corrected chi connectivity index (χ4v) is 2.59. The first kappa shape index (κ1) is 20.0. The minimum absolute atomic E-state index is 0.0141. The van der Waals surface area contributed by atoms with Gasteiger partial charge in [-0.1, -0.05) is 43.2 Å². The molecule has 2 aromatic rings. The molecule has 0 radical (unpaired) electrons. The zero-order valence-corrected chi connectivity index (χ0v) is 14.7. The first-order valence-electron chi connectivity index (χ1n) is 8.74. The Hall–Kier alpha value is -2.30. The molecule has 0 aliphatic rings. The second-order valence-electron chi connectivity index (χ2n) is 6.15. The molecule has 1 aromatic heterocycles. The highest BCUT2D eigenvalue weighted by Gasteiger charge is 2.17. The zero-order valence-electron chi connectivity index (χ0n) is 14.7. The number of rotatable bonds is 11. The van der Waals surface area contributed by atoms with Gasteiger partial charge in [0.2, 0.25) is 5.91 Å². The number of hydrogen-bond donors (Lipinski definition) is 4. The van der Waals surface area contributed by atoms with Gasteiger partial charge in [0.15, 0.2) is 5.82 Å². The lowest BCUT2D eigenvalue weighted by Crippen LogP contribution is -2.31. The Balaban J connectivity index is 1.75. The van der Waals surface area contributed by atoms with E-state index in [0.29, 0.717) is 31.5 Å². The Bertz CT molecular complexity index is 667. The van der Waals surface area contributed by atoms with E-state index >= 15 is 0 Å². The van der Waals surface area contributed by atoms with Gasteiger partial charge in [0, 0.05) is 6.54 Å². The summed E-state index contributed by atoms with van der Waals surface area (Å²) in [5.74, 6) is 0.276. The highest BCUT2D eigenvalue weighted by atomic mass is 16.4. The van der Waals surface area contributed by atoms with Gasteiger partial charge in [0.05, 0.1) is 6.04 Å². The van der Waals surface area contributed by atoms with Gasteiger partial charge in [-0.15, -0.1) is 5.10 Å². The molecular weight excluding hydrogens is 335 g/mol. The van der Waals surface area contributed by atoms with E-state index in [1.807, 2.05) is 30.3 Å². The van der Waals surface area contributed by atoms with E-state index in [0.717, 1.165) is 18.4 Å². The van der Waals surface area contributed by atoms with E-state index in [4.69, 9.17) is 15.8 Å². The van der Waals surface area contributed by atoms with Crippen molar-refractivity contribution in [3.05, 3.63) is 41.7 Å². The quantitative estimate of drug-likeness (QED) is 0.318. The molecule has 140 valence electrons. The Morgan fingerprint density at radius 1 is 1.27 bits per heavy atom. The number of carbonyl (C=O) groups is 1. The molecule has 26 heavy (non-hydrogen) atoms. The molecule has 0 bridgehead atoms. The molecule has 9 nitrogen and oxygen atoms in total. The highest BCUT2D eigenvalue weighted by molar-refractivity contribution is 6.40. The molecule has 1 amide bonds. The average molecular weight is 360 g/mol. The van der Waals surface area contributed by atoms with Gasteiger partial charge in [-0.3, -0.25) is 4.79 Å². The summed E-state index contributed by atoms with van der Waals surface area (Å²) in [5.41, 5.74) is 7.25. The number of nitrogens with two attached hydrogens (primary N) is 1. The van der Waals surface area contributed by atoms with Crippen molar-refractivity contribution in [1.82, 2.24) is 25.5 Å². The average Bonchev–Trinajstić information content (AvgIpc) is 3.07. The summed E-state index contributed by atoms with van der Waals surface area (Å²) in [5, 5.41) is 31.9. The Morgan fingerprint density at radius 3 is 2.77 bits per heavy atom. The van der Waals surface area contributed by atoms with Gasteiger partial charge in [0.1, 0.15) is 6.54 Å². The predicted molar refractivity (Wildman–Crippen MR) is 96.8 cm³/mol. The van der Waals surface area contributed by atoms with Gasteiger partial charge >= 0.3 is 7.12 Å². The van der Waals surface area contributed by atoms with Gasteiger partial charge in [-0.2, -0.15) is 0 Å². The van der Waals surface area contributed by atoms with Crippen LogP contribution in [0, 0.1) is 0 Å². The molecule has 0 aliphatic heterocycles. The van der Waals surface area contributed by atoms with Crippen LogP contribution in [-0.4, -0.2) is 49.8 Å². The van der Waals surface area contributed by atoms with Crippen LogP contribution in [0.2, 0.25) is 6.32 Å². The number of aromatic nitrogens is 4. The Labute approximate surface area is 152 Å². The maximum absolute atomic E-state index is 12.1. The number of nitrogens with one attached hydrogen (secondary N) is 1. The third-order valence-electron chi connectivity index (χ3n) is 3.99. The monoisotopic (exact) mass is 360 g/mol. The van der Waals surface area contributed by atoms with Crippen LogP contribution in [0.25, 0.3) is 0 Å². The first-order chi connectivity index (χ1) is 12.6. The summed E-state index contributed by atoms with van der Waals surface area (Å²) in [6.07, 6.45) is 3.03. The van der Waals surface area contributed by atoms with Crippen LogP contribution in [0.3, 0.4) is 0 Å². The molecule has 0 fully saturated rings. The zero-order chi connectivity index (χ0) is 18.8. The number of carbonyl (C=O) groups excluding carboxylic acids is 1. The van der Waals surface area contributed by atoms with Crippen molar-refractivity contribution in [2.45, 2.75) is 44.6 Å². The van der Waals surface area contributed by atoms with E-state index in [1.165, 1.54) is 4.68 Å². The van der Waals surface area contributed by atoms with Crippen molar-refractivity contribution in [1.29, 1.82) is 0 Å². The lowest BCUT2D eigenvalue weighted by Gasteiger charge is -2.11. The van der Waals surface area contributed by atoms with Crippen LogP contribution < -0.4 is 11.1 Å². The fraction of sp³-hybridized carbons (Fsp3) is 0.500. The van der Waals surface area contributed by atoms with Crippen molar-refractivity contribution >= 4 is 13.0 Å². The summed E-state index contributed by atoms with van der Waals surface area (Å²) in [7, 11) is -1.30. The lowest BCUT2D eigenvalue weighted by molar-refractivity contribution is -0.121. The number of benzene rings is 1. The summed E-state index contributed by atoms with van der Waals surface area (Å²) in [6.45, 7) is 0.552. The van der Waals surface area contributed by atoms with E-state index in [-0.39, 0.29) is 12.5 Å². The molecule has 5 N–H and O–H groups in total. The number of tetrazole rings is 1. The highest BCUT2D eigenvalue weighted by Crippen LogP contribution is 2.14. The van der Waals surface area contributed by atoms with Crippen molar-refractivity contribution in [2.24, 2.45) is 5.73 Å². The van der Waals surface area contributed by atoms with Crippen molar-refractivity contribution < 1.29 is 14.8 Å². The third kappa shape index (κ3) is 6.91. The molecule has 1 aromatic carbocycles. The van der Waals surface area contributed by atoms with Crippen LogP contribution in [0.4, 0.5) is 0 Å². The molecule has 0 unspecified atom stereocenters. The van der Waals surface area contributed by atoms with Gasteiger partial charge in [-0.05, 0) is 35.2 Å². The molecule has 0 saturated heterocycles. The second-order valence-corrected chi connectivity index (χ2v) is 6.15. The minimum atomic E-state index is -1.30. The van der Waals surface area contributed by atoms with Crippen LogP contribution in [-0.2, 0) is 17.8 Å². The number of amides is 1. The lowest BCUT2D eigenvalue weighted by atomic mass is 9.83. The summed E-state index contributed by atoms with van der Waals surface area (Å²) >= 11 is 0. The smallest absolute Gasteiger partial charge is 0.427 e. The third-order valence-corrected chi connectivity index (χ3v) is 3.99. The normalized spacial score (nSPS) is 12.0. The van der Waals surface area contributed by atoms with Gasteiger partial charge in [0.25, 0.3) is 0 Å². The maximum atomic E-state index is 12.1. The van der Waals surface area contributed by atoms with Crippen molar-refractivity contribution in [3.8, 4) is 0 Å². The van der Waals surface area contributed by atoms with Crippen molar-refractivity contribution in [3.63, 3.8) is 0 Å². The summed E-state index contributed by atoms with van der Waals surface area (Å²) < 4.78 is 1.41. The summed E-state index contributed by atoms with van der Waals surface area (Å²) in [4.78, 5) is 12.1.